The Balaban J connectivity index is 1.79. The first kappa shape index (κ1) is 14.1. The van der Waals surface area contributed by atoms with E-state index >= 15 is 0 Å². The molecule has 0 heterocycles. The van der Waals surface area contributed by atoms with Crippen molar-refractivity contribution >= 4 is 23.2 Å². The Morgan fingerprint density at radius 2 is 1.94 bits per heavy atom. The van der Waals surface area contributed by atoms with Crippen molar-refractivity contribution < 1.29 is 5.11 Å². The summed E-state index contributed by atoms with van der Waals surface area (Å²) in [5, 5.41) is 13.9. The topological polar surface area (TPSA) is 32.3 Å². The first-order chi connectivity index (χ1) is 8.70. The van der Waals surface area contributed by atoms with Gasteiger partial charge in [0.25, 0.3) is 0 Å². The van der Waals surface area contributed by atoms with Crippen molar-refractivity contribution in [2.24, 2.45) is 11.8 Å². The minimum Gasteiger partial charge on any atom is -0.396 e. The third-order valence-corrected chi connectivity index (χ3v) is 4.51. The SMILES string of the molecule is OCC1CCCC1CNCc1ccc(Cl)c(Cl)c1. The summed E-state index contributed by atoms with van der Waals surface area (Å²) < 4.78 is 0. The van der Waals surface area contributed by atoms with Gasteiger partial charge in [0, 0.05) is 13.2 Å². The lowest BCUT2D eigenvalue weighted by molar-refractivity contribution is 0.192. The van der Waals surface area contributed by atoms with Crippen molar-refractivity contribution in [3.05, 3.63) is 33.8 Å². The largest absolute Gasteiger partial charge is 0.396 e. The van der Waals surface area contributed by atoms with Gasteiger partial charge in [0.05, 0.1) is 10.0 Å². The summed E-state index contributed by atoms with van der Waals surface area (Å²) in [6.45, 7) is 2.08. The van der Waals surface area contributed by atoms with E-state index in [9.17, 15) is 5.11 Å². The van der Waals surface area contributed by atoms with Crippen LogP contribution in [-0.2, 0) is 6.54 Å². The highest BCUT2D eigenvalue weighted by molar-refractivity contribution is 6.42. The van der Waals surface area contributed by atoms with Crippen LogP contribution in [0.5, 0.6) is 0 Å². The van der Waals surface area contributed by atoms with Crippen LogP contribution >= 0.6 is 23.2 Å². The van der Waals surface area contributed by atoms with Gasteiger partial charge in [0.1, 0.15) is 0 Å². The number of hydrogen-bond acceptors (Lipinski definition) is 2. The van der Waals surface area contributed by atoms with E-state index in [1.165, 1.54) is 12.8 Å². The fraction of sp³-hybridized carbons (Fsp3) is 0.571. The van der Waals surface area contributed by atoms with Crippen molar-refractivity contribution in [2.75, 3.05) is 13.2 Å². The molecule has 4 heteroatoms. The molecule has 0 aliphatic heterocycles. The lowest BCUT2D eigenvalue weighted by atomic mass is 9.97. The molecule has 0 amide bonds. The van der Waals surface area contributed by atoms with Gasteiger partial charge in [0.2, 0.25) is 0 Å². The molecule has 2 N–H and O–H groups in total. The quantitative estimate of drug-likeness (QED) is 0.869. The van der Waals surface area contributed by atoms with Crippen LogP contribution in [0.1, 0.15) is 24.8 Å². The highest BCUT2D eigenvalue weighted by Gasteiger charge is 2.25. The van der Waals surface area contributed by atoms with Gasteiger partial charge in [0.15, 0.2) is 0 Å². The van der Waals surface area contributed by atoms with Gasteiger partial charge in [-0.25, -0.2) is 0 Å². The third kappa shape index (κ3) is 3.61. The Bertz CT molecular complexity index is 397. The van der Waals surface area contributed by atoms with Gasteiger partial charge in [-0.1, -0.05) is 35.7 Å². The molecule has 100 valence electrons. The number of benzene rings is 1. The molecule has 0 aromatic heterocycles. The Kier molecular flexibility index (Phi) is 5.31. The highest BCUT2D eigenvalue weighted by atomic mass is 35.5. The minimum absolute atomic E-state index is 0.319. The molecular weight excluding hydrogens is 269 g/mol. The average molecular weight is 288 g/mol. The van der Waals surface area contributed by atoms with Crippen LogP contribution in [0.2, 0.25) is 10.0 Å². The first-order valence-electron chi connectivity index (χ1n) is 6.46. The van der Waals surface area contributed by atoms with Crippen LogP contribution < -0.4 is 5.32 Å². The molecule has 2 nitrogen and oxygen atoms in total. The average Bonchev–Trinajstić information content (AvgIpc) is 2.81. The van der Waals surface area contributed by atoms with Gasteiger partial charge < -0.3 is 10.4 Å². The molecule has 2 atom stereocenters. The molecule has 1 saturated carbocycles. The van der Waals surface area contributed by atoms with Crippen molar-refractivity contribution in [1.29, 1.82) is 0 Å². The Hall–Kier alpha value is -0.280. The zero-order valence-corrected chi connectivity index (χ0v) is 11.8. The van der Waals surface area contributed by atoms with E-state index in [-0.39, 0.29) is 0 Å². The smallest absolute Gasteiger partial charge is 0.0595 e. The second-order valence-electron chi connectivity index (χ2n) is 5.01. The van der Waals surface area contributed by atoms with Crippen LogP contribution in [-0.4, -0.2) is 18.3 Å². The molecule has 2 unspecified atom stereocenters. The zero-order valence-electron chi connectivity index (χ0n) is 10.3. The Morgan fingerprint density at radius 3 is 2.67 bits per heavy atom. The standard InChI is InChI=1S/C14H19Cl2NO/c15-13-5-4-10(6-14(13)16)7-17-8-11-2-1-3-12(11)9-18/h4-6,11-12,17-18H,1-3,7-9H2. The maximum absolute atomic E-state index is 9.26. The van der Waals surface area contributed by atoms with Gasteiger partial charge >= 0.3 is 0 Å². The van der Waals surface area contributed by atoms with Crippen LogP contribution in [0.15, 0.2) is 18.2 Å². The Morgan fingerprint density at radius 1 is 1.17 bits per heavy atom. The third-order valence-electron chi connectivity index (χ3n) is 3.77. The normalized spacial score (nSPS) is 23.5. The number of aliphatic hydroxyl groups excluding tert-OH is 1. The highest BCUT2D eigenvalue weighted by Crippen LogP contribution is 2.30. The number of aliphatic hydroxyl groups is 1. The van der Waals surface area contributed by atoms with Crippen LogP contribution in [0, 0.1) is 11.8 Å². The van der Waals surface area contributed by atoms with Crippen molar-refractivity contribution in [2.45, 2.75) is 25.8 Å². The predicted octanol–water partition coefficient (Wildman–Crippen LogP) is 3.49. The van der Waals surface area contributed by atoms with Crippen molar-refractivity contribution in [3.8, 4) is 0 Å². The predicted molar refractivity (Wildman–Crippen MR) is 76.1 cm³/mol. The Labute approximate surface area is 118 Å². The van der Waals surface area contributed by atoms with Gasteiger partial charge in [-0.05, 0) is 48.9 Å². The summed E-state index contributed by atoms with van der Waals surface area (Å²) in [6, 6.07) is 5.71. The molecule has 0 saturated heterocycles. The lowest BCUT2D eigenvalue weighted by Gasteiger charge is -2.17. The van der Waals surface area contributed by atoms with E-state index in [1.54, 1.807) is 0 Å². The van der Waals surface area contributed by atoms with E-state index < -0.39 is 0 Å². The number of halogens is 2. The summed E-state index contributed by atoms with van der Waals surface area (Å²) in [4.78, 5) is 0. The molecule has 1 fully saturated rings. The maximum Gasteiger partial charge on any atom is 0.0595 e. The number of hydrogen-bond donors (Lipinski definition) is 2. The fourth-order valence-corrected chi connectivity index (χ4v) is 2.99. The van der Waals surface area contributed by atoms with Crippen molar-refractivity contribution in [1.82, 2.24) is 5.32 Å². The monoisotopic (exact) mass is 287 g/mol. The van der Waals surface area contributed by atoms with E-state index in [0.29, 0.717) is 28.5 Å². The summed E-state index contributed by atoms with van der Waals surface area (Å²) in [7, 11) is 0. The van der Waals surface area contributed by atoms with E-state index in [1.807, 2.05) is 18.2 Å². The van der Waals surface area contributed by atoms with E-state index in [0.717, 1.165) is 25.1 Å². The minimum atomic E-state index is 0.319. The van der Waals surface area contributed by atoms with Crippen molar-refractivity contribution in [3.63, 3.8) is 0 Å². The molecule has 1 aliphatic carbocycles. The number of nitrogens with one attached hydrogen (secondary N) is 1. The van der Waals surface area contributed by atoms with Crippen LogP contribution in [0.25, 0.3) is 0 Å². The van der Waals surface area contributed by atoms with E-state index in [4.69, 9.17) is 23.2 Å². The second kappa shape index (κ2) is 6.76. The molecule has 1 aromatic rings. The first-order valence-corrected chi connectivity index (χ1v) is 7.22. The summed E-state index contributed by atoms with van der Waals surface area (Å²) >= 11 is 11.8. The van der Waals surface area contributed by atoms with Crippen LogP contribution in [0.4, 0.5) is 0 Å². The molecule has 1 aromatic carbocycles. The molecule has 1 aliphatic rings. The fourth-order valence-electron chi connectivity index (χ4n) is 2.67. The maximum atomic E-state index is 9.26. The van der Waals surface area contributed by atoms with E-state index in [2.05, 4.69) is 5.32 Å². The molecule has 0 radical (unpaired) electrons. The summed E-state index contributed by atoms with van der Waals surface area (Å²) in [5.41, 5.74) is 1.14. The zero-order chi connectivity index (χ0) is 13.0. The van der Waals surface area contributed by atoms with Gasteiger partial charge in [-0.2, -0.15) is 0 Å². The second-order valence-corrected chi connectivity index (χ2v) is 5.83. The lowest BCUT2D eigenvalue weighted by Crippen LogP contribution is -2.26. The molecule has 18 heavy (non-hydrogen) atoms. The van der Waals surface area contributed by atoms with Gasteiger partial charge in [-0.15, -0.1) is 0 Å². The van der Waals surface area contributed by atoms with Crippen LogP contribution in [0.3, 0.4) is 0 Å². The summed E-state index contributed by atoms with van der Waals surface area (Å²) in [5.74, 6) is 1.09. The van der Waals surface area contributed by atoms with Gasteiger partial charge in [-0.3, -0.25) is 0 Å². The summed E-state index contributed by atoms with van der Waals surface area (Å²) in [6.07, 6.45) is 3.62. The molecule has 0 spiro atoms. The molecule has 0 bridgehead atoms. The molecule has 2 rings (SSSR count). The number of rotatable bonds is 5. The molecular formula is C14H19Cl2NO.